The highest BCUT2D eigenvalue weighted by Gasteiger charge is 2.07. The Bertz CT molecular complexity index is 570. The first-order chi connectivity index (χ1) is 8.61. The van der Waals surface area contributed by atoms with Crippen LogP contribution in [0.15, 0.2) is 24.5 Å². The quantitative estimate of drug-likeness (QED) is 0.794. The van der Waals surface area contributed by atoms with Crippen molar-refractivity contribution in [2.75, 3.05) is 23.4 Å². The van der Waals surface area contributed by atoms with E-state index in [9.17, 15) is 0 Å². The Kier molecular flexibility index (Phi) is 3.53. The van der Waals surface area contributed by atoms with E-state index < -0.39 is 0 Å². The van der Waals surface area contributed by atoms with Crippen LogP contribution in [-0.4, -0.2) is 17.0 Å². The number of aryl methyl sites for hydroxylation is 1. The summed E-state index contributed by atoms with van der Waals surface area (Å²) in [5.74, 6) is 1.14. The molecule has 4 N–H and O–H groups in total. The van der Waals surface area contributed by atoms with Gasteiger partial charge in [-0.2, -0.15) is 0 Å². The largest absolute Gasteiger partial charge is 0.393 e. The van der Waals surface area contributed by atoms with E-state index in [1.54, 1.807) is 7.05 Å². The molecule has 0 radical (unpaired) electrons. The number of benzene rings is 1. The Labute approximate surface area is 110 Å². The van der Waals surface area contributed by atoms with Gasteiger partial charge >= 0.3 is 0 Å². The summed E-state index contributed by atoms with van der Waals surface area (Å²) >= 11 is 6.06. The molecule has 1 aromatic carbocycles. The van der Waals surface area contributed by atoms with Crippen molar-refractivity contribution in [2.24, 2.45) is 0 Å². The van der Waals surface area contributed by atoms with Crippen LogP contribution >= 0.6 is 11.6 Å². The molecule has 0 amide bonds. The minimum atomic E-state index is 0.469. The minimum absolute atomic E-state index is 0.469. The van der Waals surface area contributed by atoms with Crippen molar-refractivity contribution in [1.82, 2.24) is 9.97 Å². The number of hydrogen-bond acceptors (Lipinski definition) is 5. The van der Waals surface area contributed by atoms with E-state index in [4.69, 9.17) is 17.3 Å². The van der Waals surface area contributed by atoms with Crippen molar-refractivity contribution in [3.8, 4) is 0 Å². The maximum atomic E-state index is 6.06. The lowest BCUT2D eigenvalue weighted by Gasteiger charge is -2.11. The number of nitrogens with two attached hydrogens (primary N) is 1. The summed E-state index contributed by atoms with van der Waals surface area (Å²) in [7, 11) is 1.76. The van der Waals surface area contributed by atoms with Crippen LogP contribution in [0.3, 0.4) is 0 Å². The third kappa shape index (κ3) is 2.46. The Morgan fingerprint density at radius 3 is 2.61 bits per heavy atom. The molecule has 0 unspecified atom stereocenters. The maximum absolute atomic E-state index is 6.06. The molecule has 2 aromatic rings. The molecule has 0 aliphatic carbocycles. The summed E-state index contributed by atoms with van der Waals surface area (Å²) in [5.41, 5.74) is 8.25. The summed E-state index contributed by atoms with van der Waals surface area (Å²) < 4.78 is 0. The number of aromatic nitrogens is 2. The molecule has 0 aliphatic heterocycles. The average molecular weight is 264 g/mol. The number of anilines is 4. The van der Waals surface area contributed by atoms with Gasteiger partial charge in [0.15, 0.2) is 11.6 Å². The number of hydrogen-bond donors (Lipinski definition) is 3. The number of halogens is 1. The van der Waals surface area contributed by atoms with Crippen LogP contribution in [0.5, 0.6) is 0 Å². The lowest BCUT2D eigenvalue weighted by Crippen LogP contribution is -2.04. The molecule has 6 heteroatoms. The molecule has 1 aromatic heterocycles. The summed E-state index contributed by atoms with van der Waals surface area (Å²) in [6.45, 7) is 1.95. The molecule has 18 heavy (non-hydrogen) atoms. The van der Waals surface area contributed by atoms with E-state index in [0.29, 0.717) is 22.3 Å². The van der Waals surface area contributed by atoms with Gasteiger partial charge in [-0.1, -0.05) is 17.7 Å². The molecule has 2 rings (SSSR count). The van der Waals surface area contributed by atoms with Crippen molar-refractivity contribution < 1.29 is 0 Å². The first kappa shape index (κ1) is 12.4. The predicted octanol–water partition coefficient (Wildman–Crippen LogP) is 2.81. The first-order valence-electron chi connectivity index (χ1n) is 5.43. The summed E-state index contributed by atoms with van der Waals surface area (Å²) in [4.78, 5) is 8.12. The van der Waals surface area contributed by atoms with Gasteiger partial charge < -0.3 is 16.4 Å². The van der Waals surface area contributed by atoms with Gasteiger partial charge in [0.25, 0.3) is 0 Å². The predicted molar refractivity (Wildman–Crippen MR) is 75.5 cm³/mol. The van der Waals surface area contributed by atoms with E-state index in [2.05, 4.69) is 20.6 Å². The molecular weight excluding hydrogens is 250 g/mol. The molecule has 0 bridgehead atoms. The molecule has 5 nitrogen and oxygen atoms in total. The molecule has 0 fully saturated rings. The van der Waals surface area contributed by atoms with Gasteiger partial charge in [-0.3, -0.25) is 0 Å². The van der Waals surface area contributed by atoms with Gasteiger partial charge in [0.05, 0.1) is 0 Å². The molecule has 0 aliphatic rings. The van der Waals surface area contributed by atoms with Crippen LogP contribution in [0.25, 0.3) is 0 Å². The Morgan fingerprint density at radius 1 is 1.22 bits per heavy atom. The van der Waals surface area contributed by atoms with Crippen LogP contribution in [0, 0.1) is 6.92 Å². The molecule has 0 spiro atoms. The third-order valence-electron chi connectivity index (χ3n) is 2.56. The SMILES string of the molecule is CNc1ncnc(Nc2ccc(C)c(Cl)c2)c1N. The Balaban J connectivity index is 2.31. The number of nitrogen functional groups attached to an aromatic ring is 1. The van der Waals surface area contributed by atoms with Crippen molar-refractivity contribution in [2.45, 2.75) is 6.92 Å². The fourth-order valence-electron chi connectivity index (χ4n) is 1.50. The molecule has 0 saturated heterocycles. The van der Waals surface area contributed by atoms with Crippen molar-refractivity contribution in [1.29, 1.82) is 0 Å². The van der Waals surface area contributed by atoms with Gasteiger partial charge in [0, 0.05) is 17.8 Å². The Hall–Kier alpha value is -2.01. The smallest absolute Gasteiger partial charge is 0.159 e. The number of nitrogens with zero attached hydrogens (tertiary/aromatic N) is 2. The van der Waals surface area contributed by atoms with Crippen LogP contribution in [0.1, 0.15) is 5.56 Å². The normalized spacial score (nSPS) is 10.2. The maximum Gasteiger partial charge on any atom is 0.159 e. The molecule has 0 atom stereocenters. The second-order valence-corrected chi connectivity index (χ2v) is 4.23. The highest BCUT2D eigenvalue weighted by Crippen LogP contribution is 2.27. The number of nitrogens with one attached hydrogen (secondary N) is 2. The van der Waals surface area contributed by atoms with E-state index >= 15 is 0 Å². The molecule has 0 saturated carbocycles. The van der Waals surface area contributed by atoms with Gasteiger partial charge in [-0.25, -0.2) is 9.97 Å². The summed E-state index contributed by atoms with van der Waals surface area (Å²) in [6.07, 6.45) is 1.44. The van der Waals surface area contributed by atoms with Gasteiger partial charge in [-0.15, -0.1) is 0 Å². The highest BCUT2D eigenvalue weighted by atomic mass is 35.5. The minimum Gasteiger partial charge on any atom is -0.393 e. The van der Waals surface area contributed by atoms with E-state index in [1.165, 1.54) is 6.33 Å². The van der Waals surface area contributed by atoms with Crippen LogP contribution in [-0.2, 0) is 0 Å². The van der Waals surface area contributed by atoms with Crippen molar-refractivity contribution >= 4 is 34.6 Å². The van der Waals surface area contributed by atoms with E-state index in [1.807, 2.05) is 25.1 Å². The highest BCUT2D eigenvalue weighted by molar-refractivity contribution is 6.31. The van der Waals surface area contributed by atoms with Crippen LogP contribution < -0.4 is 16.4 Å². The zero-order valence-corrected chi connectivity index (χ0v) is 10.9. The zero-order chi connectivity index (χ0) is 13.1. The standard InChI is InChI=1S/C12H14ClN5/c1-7-3-4-8(5-9(7)13)18-12-10(14)11(15-2)16-6-17-12/h3-6H,14H2,1-2H3,(H2,15,16,17,18). The zero-order valence-electron chi connectivity index (χ0n) is 10.2. The topological polar surface area (TPSA) is 75.9 Å². The molecular formula is C12H14ClN5. The second kappa shape index (κ2) is 5.10. The van der Waals surface area contributed by atoms with E-state index in [0.717, 1.165) is 11.3 Å². The number of rotatable bonds is 3. The van der Waals surface area contributed by atoms with Crippen molar-refractivity contribution in [3.63, 3.8) is 0 Å². The second-order valence-electron chi connectivity index (χ2n) is 3.82. The van der Waals surface area contributed by atoms with Gasteiger partial charge in [-0.05, 0) is 24.6 Å². The van der Waals surface area contributed by atoms with Crippen molar-refractivity contribution in [3.05, 3.63) is 35.1 Å². The van der Waals surface area contributed by atoms with E-state index in [-0.39, 0.29) is 0 Å². The fourth-order valence-corrected chi connectivity index (χ4v) is 1.68. The fraction of sp³-hybridized carbons (Fsp3) is 0.167. The Morgan fingerprint density at radius 2 is 1.94 bits per heavy atom. The van der Waals surface area contributed by atoms with Crippen LogP contribution in [0.2, 0.25) is 5.02 Å². The summed E-state index contributed by atoms with van der Waals surface area (Å²) in [6, 6.07) is 5.68. The lowest BCUT2D eigenvalue weighted by atomic mass is 10.2. The lowest BCUT2D eigenvalue weighted by molar-refractivity contribution is 1.16. The monoisotopic (exact) mass is 263 g/mol. The average Bonchev–Trinajstić information content (AvgIpc) is 2.36. The third-order valence-corrected chi connectivity index (χ3v) is 2.96. The molecule has 1 heterocycles. The first-order valence-corrected chi connectivity index (χ1v) is 5.81. The molecule has 94 valence electrons. The van der Waals surface area contributed by atoms with Gasteiger partial charge in [0.1, 0.15) is 12.0 Å². The van der Waals surface area contributed by atoms with Gasteiger partial charge in [0.2, 0.25) is 0 Å². The summed E-state index contributed by atoms with van der Waals surface area (Å²) in [5, 5.41) is 6.71. The van der Waals surface area contributed by atoms with Crippen LogP contribution in [0.4, 0.5) is 23.0 Å².